The smallest absolute Gasteiger partial charge is 0.253 e. The van der Waals surface area contributed by atoms with Gasteiger partial charge in [0.05, 0.1) is 11.6 Å². The summed E-state index contributed by atoms with van der Waals surface area (Å²) in [7, 11) is 0. The van der Waals surface area contributed by atoms with Crippen LogP contribution < -0.4 is 15.5 Å². The van der Waals surface area contributed by atoms with Crippen LogP contribution in [0.15, 0.2) is 48.5 Å². The Kier molecular flexibility index (Phi) is 6.34. The first-order valence-corrected chi connectivity index (χ1v) is 10.0. The van der Waals surface area contributed by atoms with Gasteiger partial charge in [-0.25, -0.2) is 0 Å². The lowest BCUT2D eigenvalue weighted by Gasteiger charge is -2.23. The summed E-state index contributed by atoms with van der Waals surface area (Å²) >= 11 is 0. The number of carbonyl (C=O) groups excluding carboxylic acids is 2. The van der Waals surface area contributed by atoms with Gasteiger partial charge in [0.2, 0.25) is 5.91 Å². The van der Waals surface area contributed by atoms with Gasteiger partial charge in [0.25, 0.3) is 5.91 Å². The second-order valence-electron chi connectivity index (χ2n) is 7.68. The van der Waals surface area contributed by atoms with E-state index in [9.17, 15) is 9.59 Å². The highest BCUT2D eigenvalue weighted by Crippen LogP contribution is 2.28. The average Bonchev–Trinajstić information content (AvgIpc) is 3.23. The largest absolute Gasteiger partial charge is 0.371 e. The zero-order valence-electron chi connectivity index (χ0n) is 16.9. The Morgan fingerprint density at radius 2 is 1.64 bits per heavy atom. The zero-order chi connectivity index (χ0) is 20.1. The number of nitrogens with one attached hydrogen (secondary N) is 2. The average molecular weight is 380 g/mol. The normalized spacial score (nSPS) is 14.8. The molecule has 1 aliphatic heterocycles. The maximum atomic E-state index is 13.1. The van der Waals surface area contributed by atoms with E-state index in [0.717, 1.165) is 37.2 Å². The molecule has 2 aromatic rings. The van der Waals surface area contributed by atoms with Crippen molar-refractivity contribution in [3.05, 3.63) is 59.7 Å². The van der Waals surface area contributed by atoms with Gasteiger partial charge in [-0.05, 0) is 43.5 Å². The fourth-order valence-electron chi connectivity index (χ4n) is 3.42. The van der Waals surface area contributed by atoms with Crippen molar-refractivity contribution in [2.24, 2.45) is 5.92 Å². The third-order valence-electron chi connectivity index (χ3n) is 5.13. The van der Waals surface area contributed by atoms with Crippen LogP contribution in [-0.4, -0.2) is 24.9 Å². The molecule has 2 N–H and O–H groups in total. The molecule has 0 unspecified atom stereocenters. The van der Waals surface area contributed by atoms with Gasteiger partial charge in [-0.15, -0.1) is 0 Å². The summed E-state index contributed by atoms with van der Waals surface area (Å²) in [6.45, 7) is 7.58. The van der Waals surface area contributed by atoms with Crippen LogP contribution in [0.2, 0.25) is 0 Å². The molecule has 0 radical (unpaired) electrons. The van der Waals surface area contributed by atoms with Crippen LogP contribution in [-0.2, 0) is 4.79 Å². The Morgan fingerprint density at radius 1 is 0.964 bits per heavy atom. The molecule has 2 aromatic carbocycles. The Morgan fingerprint density at radius 3 is 2.29 bits per heavy atom. The molecule has 5 heteroatoms. The Balaban J connectivity index is 1.86. The zero-order valence-corrected chi connectivity index (χ0v) is 16.9. The van der Waals surface area contributed by atoms with Crippen molar-refractivity contribution in [2.45, 2.75) is 39.7 Å². The summed E-state index contributed by atoms with van der Waals surface area (Å²) in [6, 6.07) is 15.4. The van der Waals surface area contributed by atoms with E-state index in [2.05, 4.69) is 15.5 Å². The molecule has 2 amide bonds. The van der Waals surface area contributed by atoms with Crippen molar-refractivity contribution in [2.75, 3.05) is 23.3 Å². The fourth-order valence-corrected chi connectivity index (χ4v) is 3.42. The third kappa shape index (κ3) is 4.71. The van der Waals surface area contributed by atoms with Gasteiger partial charge in [-0.3, -0.25) is 9.59 Å². The van der Waals surface area contributed by atoms with E-state index in [1.54, 1.807) is 6.07 Å². The lowest BCUT2D eigenvalue weighted by Crippen LogP contribution is -2.29. The van der Waals surface area contributed by atoms with Crippen LogP contribution in [0.25, 0.3) is 0 Å². The SMILES string of the molecule is CC(C)C(=O)Nc1ccc(N2CCCC2)c(C(=O)N[C@H](C)c2ccccc2)c1. The summed E-state index contributed by atoms with van der Waals surface area (Å²) in [5.74, 6) is -0.300. The van der Waals surface area contributed by atoms with Crippen LogP contribution in [0, 0.1) is 5.92 Å². The van der Waals surface area contributed by atoms with Gasteiger partial charge in [-0.2, -0.15) is 0 Å². The van der Waals surface area contributed by atoms with Crippen LogP contribution in [0.5, 0.6) is 0 Å². The van der Waals surface area contributed by atoms with Crippen LogP contribution >= 0.6 is 0 Å². The minimum absolute atomic E-state index is 0.0575. The number of amides is 2. The Labute approximate surface area is 167 Å². The molecule has 0 aliphatic carbocycles. The topological polar surface area (TPSA) is 61.4 Å². The fraction of sp³-hybridized carbons (Fsp3) is 0.391. The van der Waals surface area contributed by atoms with Crippen LogP contribution in [0.4, 0.5) is 11.4 Å². The first kappa shape index (κ1) is 19.9. The molecule has 0 aromatic heterocycles. The van der Waals surface area contributed by atoms with Crippen molar-refractivity contribution in [3.63, 3.8) is 0 Å². The highest BCUT2D eigenvalue weighted by Gasteiger charge is 2.22. The molecule has 1 aliphatic rings. The molecular formula is C23H29N3O2. The molecule has 0 saturated carbocycles. The van der Waals surface area contributed by atoms with E-state index in [4.69, 9.17) is 0 Å². The van der Waals surface area contributed by atoms with E-state index >= 15 is 0 Å². The van der Waals surface area contributed by atoms with Crippen LogP contribution in [0.3, 0.4) is 0 Å². The quantitative estimate of drug-likeness (QED) is 0.783. The minimum Gasteiger partial charge on any atom is -0.371 e. The van der Waals surface area contributed by atoms with E-state index in [-0.39, 0.29) is 23.8 Å². The summed E-state index contributed by atoms with van der Waals surface area (Å²) < 4.78 is 0. The van der Waals surface area contributed by atoms with Gasteiger partial charge in [-0.1, -0.05) is 44.2 Å². The van der Waals surface area contributed by atoms with E-state index in [1.807, 2.05) is 63.2 Å². The molecule has 28 heavy (non-hydrogen) atoms. The third-order valence-corrected chi connectivity index (χ3v) is 5.13. The van der Waals surface area contributed by atoms with Gasteiger partial charge >= 0.3 is 0 Å². The lowest BCUT2D eigenvalue weighted by molar-refractivity contribution is -0.118. The number of hydrogen-bond acceptors (Lipinski definition) is 3. The predicted octanol–water partition coefficient (Wildman–Crippen LogP) is 4.37. The molecule has 1 heterocycles. The number of rotatable bonds is 6. The molecule has 3 rings (SSSR count). The first-order chi connectivity index (χ1) is 13.5. The van der Waals surface area contributed by atoms with Crippen molar-refractivity contribution in [1.82, 2.24) is 5.32 Å². The Bertz CT molecular complexity index is 827. The second kappa shape index (κ2) is 8.91. The second-order valence-corrected chi connectivity index (χ2v) is 7.68. The highest BCUT2D eigenvalue weighted by molar-refractivity contribution is 6.02. The maximum absolute atomic E-state index is 13.1. The molecular weight excluding hydrogens is 350 g/mol. The molecule has 1 saturated heterocycles. The van der Waals surface area contributed by atoms with Gasteiger partial charge in [0.1, 0.15) is 0 Å². The molecule has 1 atom stereocenters. The predicted molar refractivity (Wildman–Crippen MR) is 114 cm³/mol. The summed E-state index contributed by atoms with van der Waals surface area (Å²) in [4.78, 5) is 27.4. The van der Waals surface area contributed by atoms with Crippen LogP contribution in [0.1, 0.15) is 55.6 Å². The highest BCUT2D eigenvalue weighted by atomic mass is 16.2. The van der Waals surface area contributed by atoms with Crippen molar-refractivity contribution in [3.8, 4) is 0 Å². The number of anilines is 2. The van der Waals surface area contributed by atoms with Crippen molar-refractivity contribution >= 4 is 23.2 Å². The van der Waals surface area contributed by atoms with E-state index in [1.165, 1.54) is 0 Å². The maximum Gasteiger partial charge on any atom is 0.253 e. The summed E-state index contributed by atoms with van der Waals surface area (Å²) in [6.07, 6.45) is 2.26. The summed E-state index contributed by atoms with van der Waals surface area (Å²) in [5, 5.41) is 6.00. The minimum atomic E-state index is -0.126. The molecule has 0 bridgehead atoms. The van der Waals surface area contributed by atoms with Crippen molar-refractivity contribution < 1.29 is 9.59 Å². The lowest BCUT2D eigenvalue weighted by atomic mass is 10.1. The van der Waals surface area contributed by atoms with Gasteiger partial charge < -0.3 is 15.5 Å². The number of nitrogens with zero attached hydrogens (tertiary/aromatic N) is 1. The first-order valence-electron chi connectivity index (χ1n) is 10.0. The standard InChI is InChI=1S/C23H29N3O2/c1-16(2)22(27)25-19-11-12-21(26-13-7-8-14-26)20(15-19)23(28)24-17(3)18-9-5-4-6-10-18/h4-6,9-12,15-17H,7-8,13-14H2,1-3H3,(H,24,28)(H,25,27)/t17-/m1/s1. The van der Waals surface area contributed by atoms with Gasteiger partial charge in [0, 0.05) is 30.4 Å². The number of benzene rings is 2. The van der Waals surface area contributed by atoms with Crippen molar-refractivity contribution in [1.29, 1.82) is 0 Å². The molecule has 0 spiro atoms. The number of hydrogen-bond donors (Lipinski definition) is 2. The molecule has 148 valence electrons. The van der Waals surface area contributed by atoms with E-state index in [0.29, 0.717) is 11.3 Å². The monoisotopic (exact) mass is 379 g/mol. The van der Waals surface area contributed by atoms with Gasteiger partial charge in [0.15, 0.2) is 0 Å². The molecule has 5 nitrogen and oxygen atoms in total. The molecule has 1 fully saturated rings. The number of carbonyl (C=O) groups is 2. The van der Waals surface area contributed by atoms with E-state index < -0.39 is 0 Å². The summed E-state index contributed by atoms with van der Waals surface area (Å²) in [5.41, 5.74) is 3.24. The Hall–Kier alpha value is -2.82.